The number of amides is 1. The number of rotatable bonds is 4. The van der Waals surface area contributed by atoms with Gasteiger partial charge in [0.15, 0.2) is 0 Å². The quantitative estimate of drug-likeness (QED) is 0.922. The van der Waals surface area contributed by atoms with Crippen molar-refractivity contribution in [3.8, 4) is 0 Å². The highest BCUT2D eigenvalue weighted by Gasteiger charge is 2.11. The summed E-state index contributed by atoms with van der Waals surface area (Å²) in [6, 6.07) is 15.8. The third-order valence-electron chi connectivity index (χ3n) is 3.42. The number of hydrogen-bond donors (Lipinski definition) is 1. The number of nitrogens with zero attached hydrogens (tertiary/aromatic N) is 1. The molecule has 0 radical (unpaired) electrons. The third-order valence-corrected chi connectivity index (χ3v) is 3.42. The van der Waals surface area contributed by atoms with E-state index in [1.165, 1.54) is 0 Å². The van der Waals surface area contributed by atoms with Gasteiger partial charge in [-0.15, -0.1) is 0 Å². The maximum Gasteiger partial charge on any atom is 0.246 e. The fourth-order valence-electron chi connectivity index (χ4n) is 2.17. The molecular formula is C17H20N2O. The van der Waals surface area contributed by atoms with Gasteiger partial charge in [-0.1, -0.05) is 36.4 Å². The van der Waals surface area contributed by atoms with Gasteiger partial charge in [0.25, 0.3) is 0 Å². The molecule has 0 saturated carbocycles. The van der Waals surface area contributed by atoms with Gasteiger partial charge in [0, 0.05) is 18.4 Å². The molecule has 0 aliphatic rings. The first kappa shape index (κ1) is 14.1. The lowest BCUT2D eigenvalue weighted by molar-refractivity contribution is -0.116. The molecule has 0 heterocycles. The highest BCUT2D eigenvalue weighted by molar-refractivity contribution is 5.95. The van der Waals surface area contributed by atoms with Crippen molar-refractivity contribution >= 4 is 17.3 Å². The lowest BCUT2D eigenvalue weighted by atomic mass is 10.1. The molecular weight excluding hydrogens is 248 g/mol. The molecule has 2 aromatic carbocycles. The molecule has 2 aromatic rings. The Kier molecular flexibility index (Phi) is 4.41. The minimum atomic E-state index is 0.0406. The minimum Gasteiger partial charge on any atom is -0.376 e. The van der Waals surface area contributed by atoms with Crippen LogP contribution in [-0.4, -0.2) is 19.5 Å². The summed E-state index contributed by atoms with van der Waals surface area (Å²) >= 11 is 0. The third kappa shape index (κ3) is 3.18. The number of carbonyl (C=O) groups is 1. The van der Waals surface area contributed by atoms with E-state index in [9.17, 15) is 4.79 Å². The van der Waals surface area contributed by atoms with Crippen LogP contribution in [0.1, 0.15) is 11.1 Å². The van der Waals surface area contributed by atoms with Crippen molar-refractivity contribution in [3.05, 3.63) is 59.7 Å². The number of hydrogen-bond acceptors (Lipinski definition) is 2. The van der Waals surface area contributed by atoms with Crippen LogP contribution < -0.4 is 10.2 Å². The van der Waals surface area contributed by atoms with E-state index >= 15 is 0 Å². The zero-order valence-corrected chi connectivity index (χ0v) is 12.2. The van der Waals surface area contributed by atoms with Crippen LogP contribution in [0.4, 0.5) is 11.4 Å². The molecule has 0 spiro atoms. The topological polar surface area (TPSA) is 32.3 Å². The van der Waals surface area contributed by atoms with Crippen LogP contribution in [0.5, 0.6) is 0 Å². The van der Waals surface area contributed by atoms with Crippen LogP contribution in [0, 0.1) is 13.8 Å². The van der Waals surface area contributed by atoms with Crippen molar-refractivity contribution in [2.45, 2.75) is 13.8 Å². The van der Waals surface area contributed by atoms with Crippen LogP contribution in [-0.2, 0) is 4.79 Å². The lowest BCUT2D eigenvalue weighted by Gasteiger charge is -2.19. The van der Waals surface area contributed by atoms with Crippen LogP contribution in [0.3, 0.4) is 0 Å². The number of carbonyl (C=O) groups excluding carboxylic acids is 1. The van der Waals surface area contributed by atoms with Crippen molar-refractivity contribution in [1.29, 1.82) is 0 Å². The van der Waals surface area contributed by atoms with E-state index in [0.29, 0.717) is 0 Å². The summed E-state index contributed by atoms with van der Waals surface area (Å²) < 4.78 is 0. The van der Waals surface area contributed by atoms with E-state index in [2.05, 4.69) is 5.32 Å². The molecule has 2 rings (SSSR count). The zero-order valence-electron chi connectivity index (χ0n) is 12.2. The van der Waals surface area contributed by atoms with E-state index < -0.39 is 0 Å². The number of likely N-dealkylation sites (N-methyl/N-ethyl adjacent to an activating group) is 1. The largest absolute Gasteiger partial charge is 0.376 e. The Balaban J connectivity index is 2.02. The molecule has 0 aliphatic heterocycles. The summed E-state index contributed by atoms with van der Waals surface area (Å²) in [6.07, 6.45) is 0. The second-order valence-electron chi connectivity index (χ2n) is 4.91. The molecule has 0 atom stereocenters. The average Bonchev–Trinajstić information content (AvgIpc) is 2.46. The molecule has 0 bridgehead atoms. The molecule has 1 N–H and O–H groups in total. The molecule has 104 valence electrons. The van der Waals surface area contributed by atoms with Gasteiger partial charge in [0.1, 0.15) is 0 Å². The maximum absolute atomic E-state index is 12.2. The number of aryl methyl sites for hydroxylation is 2. The second-order valence-corrected chi connectivity index (χ2v) is 4.91. The van der Waals surface area contributed by atoms with Gasteiger partial charge >= 0.3 is 0 Å². The van der Waals surface area contributed by atoms with Gasteiger partial charge in [-0.05, 0) is 37.1 Å². The van der Waals surface area contributed by atoms with Crippen LogP contribution in [0.15, 0.2) is 48.5 Å². The highest BCUT2D eigenvalue weighted by atomic mass is 16.2. The van der Waals surface area contributed by atoms with Gasteiger partial charge in [-0.2, -0.15) is 0 Å². The Bertz CT molecular complexity index is 573. The summed E-state index contributed by atoms with van der Waals surface area (Å²) in [7, 11) is 1.80. The van der Waals surface area contributed by atoms with E-state index in [0.717, 1.165) is 22.5 Å². The van der Waals surface area contributed by atoms with Crippen molar-refractivity contribution in [1.82, 2.24) is 0 Å². The van der Waals surface area contributed by atoms with Gasteiger partial charge in [0.2, 0.25) is 5.91 Å². The molecule has 3 heteroatoms. The van der Waals surface area contributed by atoms with Gasteiger partial charge in [-0.25, -0.2) is 0 Å². The number of benzene rings is 2. The van der Waals surface area contributed by atoms with Crippen LogP contribution in [0.25, 0.3) is 0 Å². The first-order chi connectivity index (χ1) is 9.59. The van der Waals surface area contributed by atoms with E-state index in [-0.39, 0.29) is 12.5 Å². The lowest BCUT2D eigenvalue weighted by Crippen LogP contribution is -2.32. The minimum absolute atomic E-state index is 0.0406. The summed E-state index contributed by atoms with van der Waals surface area (Å²) in [4.78, 5) is 13.9. The normalized spacial score (nSPS) is 10.2. The smallest absolute Gasteiger partial charge is 0.246 e. The molecule has 1 amide bonds. The summed E-state index contributed by atoms with van der Waals surface area (Å²) in [5.74, 6) is 0.0406. The average molecular weight is 268 g/mol. The molecule has 0 fully saturated rings. The van der Waals surface area contributed by atoms with E-state index in [1.54, 1.807) is 11.9 Å². The summed E-state index contributed by atoms with van der Waals surface area (Å²) in [5, 5.41) is 3.24. The van der Waals surface area contributed by atoms with Gasteiger partial charge in [-0.3, -0.25) is 4.79 Å². The molecule has 20 heavy (non-hydrogen) atoms. The molecule has 3 nitrogen and oxygen atoms in total. The van der Waals surface area contributed by atoms with Crippen molar-refractivity contribution in [2.75, 3.05) is 23.8 Å². The second kappa shape index (κ2) is 6.24. The van der Waals surface area contributed by atoms with Crippen molar-refractivity contribution in [3.63, 3.8) is 0 Å². The van der Waals surface area contributed by atoms with Crippen LogP contribution in [0.2, 0.25) is 0 Å². The number of anilines is 2. The first-order valence-corrected chi connectivity index (χ1v) is 6.71. The Hall–Kier alpha value is -2.29. The first-order valence-electron chi connectivity index (χ1n) is 6.71. The molecule has 0 aromatic heterocycles. The van der Waals surface area contributed by atoms with Gasteiger partial charge < -0.3 is 10.2 Å². The fraction of sp³-hybridized carbons (Fsp3) is 0.235. The summed E-state index contributed by atoms with van der Waals surface area (Å²) in [6.45, 7) is 4.37. The van der Waals surface area contributed by atoms with Crippen molar-refractivity contribution < 1.29 is 4.79 Å². The predicted octanol–water partition coefficient (Wildman–Crippen LogP) is 3.38. The Labute approximate surface area is 120 Å². The van der Waals surface area contributed by atoms with Crippen LogP contribution >= 0.6 is 0 Å². The Morgan fingerprint density at radius 1 is 1.00 bits per heavy atom. The van der Waals surface area contributed by atoms with Crippen molar-refractivity contribution in [2.24, 2.45) is 0 Å². The zero-order chi connectivity index (χ0) is 14.5. The summed E-state index contributed by atoms with van der Waals surface area (Å²) in [5.41, 5.74) is 4.25. The Morgan fingerprint density at radius 3 is 2.20 bits per heavy atom. The standard InChI is InChI=1S/C17H20N2O/c1-13-8-7-9-14(2)17(13)18-12-16(20)19(3)15-10-5-4-6-11-15/h4-11,18H,12H2,1-3H3. The predicted molar refractivity (Wildman–Crippen MR) is 84.3 cm³/mol. The number of para-hydroxylation sites is 2. The maximum atomic E-state index is 12.2. The highest BCUT2D eigenvalue weighted by Crippen LogP contribution is 2.19. The van der Waals surface area contributed by atoms with Gasteiger partial charge in [0.05, 0.1) is 6.54 Å². The Morgan fingerprint density at radius 2 is 1.60 bits per heavy atom. The monoisotopic (exact) mass is 268 g/mol. The fourth-order valence-corrected chi connectivity index (χ4v) is 2.17. The molecule has 0 aliphatic carbocycles. The van der Waals surface area contributed by atoms with E-state index in [1.807, 2.05) is 62.4 Å². The molecule has 0 saturated heterocycles. The number of nitrogens with one attached hydrogen (secondary N) is 1. The van der Waals surface area contributed by atoms with E-state index in [4.69, 9.17) is 0 Å². The molecule has 0 unspecified atom stereocenters. The SMILES string of the molecule is Cc1cccc(C)c1NCC(=O)N(C)c1ccccc1.